The Balaban J connectivity index is 1.79. The number of anilines is 1. The first-order valence-corrected chi connectivity index (χ1v) is 8.47. The molecule has 5 nitrogen and oxygen atoms in total. The molecule has 1 aromatic heterocycles. The zero-order valence-electron chi connectivity index (χ0n) is 14.5. The third-order valence-electron chi connectivity index (χ3n) is 4.45. The topological polar surface area (TPSA) is 58.4 Å². The van der Waals surface area contributed by atoms with Crippen molar-refractivity contribution in [1.82, 2.24) is 10.1 Å². The molecule has 140 valence electrons. The number of hydrogen-bond acceptors (Lipinski definition) is 3. The SMILES string of the molecule is CC(C)c1cc([C@@H]2CCCN2C(=O)Nc2ccccc2C(F)(F)F)on1. The number of urea groups is 1. The van der Waals surface area contributed by atoms with Gasteiger partial charge >= 0.3 is 12.2 Å². The molecule has 2 heterocycles. The Morgan fingerprint density at radius 3 is 2.73 bits per heavy atom. The van der Waals surface area contributed by atoms with Crippen molar-refractivity contribution >= 4 is 11.7 Å². The van der Waals surface area contributed by atoms with E-state index in [1.165, 1.54) is 23.1 Å². The molecule has 1 aromatic carbocycles. The number of aromatic nitrogens is 1. The van der Waals surface area contributed by atoms with Gasteiger partial charge in [-0.1, -0.05) is 31.1 Å². The lowest BCUT2D eigenvalue weighted by Gasteiger charge is -2.24. The van der Waals surface area contributed by atoms with Crippen LogP contribution >= 0.6 is 0 Å². The number of carbonyl (C=O) groups is 1. The van der Waals surface area contributed by atoms with Crippen molar-refractivity contribution in [3.63, 3.8) is 0 Å². The number of likely N-dealkylation sites (tertiary alicyclic amines) is 1. The standard InChI is InChI=1S/C18H20F3N3O2/c1-11(2)14-10-16(26-23-14)15-8-5-9-24(15)17(25)22-13-7-4-3-6-12(13)18(19,20)21/h3-4,6-7,10-11,15H,5,8-9H2,1-2H3,(H,22,25)/t15-/m0/s1. The summed E-state index contributed by atoms with van der Waals surface area (Å²) in [7, 11) is 0. The number of nitrogens with zero attached hydrogens (tertiary/aromatic N) is 2. The van der Waals surface area contributed by atoms with E-state index in [2.05, 4.69) is 10.5 Å². The van der Waals surface area contributed by atoms with Crippen LogP contribution in [0.25, 0.3) is 0 Å². The average molecular weight is 367 g/mol. The van der Waals surface area contributed by atoms with Crippen molar-refractivity contribution in [2.75, 3.05) is 11.9 Å². The largest absolute Gasteiger partial charge is 0.418 e. The molecule has 2 amide bonds. The highest BCUT2D eigenvalue weighted by Gasteiger charge is 2.36. The average Bonchev–Trinajstić information content (AvgIpc) is 3.23. The number of hydrogen-bond donors (Lipinski definition) is 1. The van der Waals surface area contributed by atoms with Crippen LogP contribution in [0.15, 0.2) is 34.9 Å². The Morgan fingerprint density at radius 1 is 1.35 bits per heavy atom. The van der Waals surface area contributed by atoms with E-state index in [0.29, 0.717) is 18.7 Å². The van der Waals surface area contributed by atoms with Gasteiger partial charge in [0.1, 0.15) is 0 Å². The van der Waals surface area contributed by atoms with Gasteiger partial charge in [-0.05, 0) is 30.9 Å². The normalized spacial score (nSPS) is 17.8. The van der Waals surface area contributed by atoms with Gasteiger partial charge < -0.3 is 14.7 Å². The maximum absolute atomic E-state index is 13.1. The highest BCUT2D eigenvalue weighted by atomic mass is 19.4. The molecule has 8 heteroatoms. The van der Waals surface area contributed by atoms with Crippen molar-refractivity contribution in [2.24, 2.45) is 0 Å². The highest BCUT2D eigenvalue weighted by molar-refractivity contribution is 5.90. The van der Waals surface area contributed by atoms with Gasteiger partial charge in [-0.25, -0.2) is 4.79 Å². The maximum atomic E-state index is 13.1. The molecule has 3 rings (SSSR count). The Morgan fingerprint density at radius 2 is 2.08 bits per heavy atom. The van der Waals surface area contributed by atoms with Gasteiger partial charge in [0.25, 0.3) is 0 Å². The molecular weight excluding hydrogens is 347 g/mol. The molecule has 2 aromatic rings. The fourth-order valence-electron chi connectivity index (χ4n) is 3.06. The third-order valence-corrected chi connectivity index (χ3v) is 4.45. The summed E-state index contributed by atoms with van der Waals surface area (Å²) >= 11 is 0. The summed E-state index contributed by atoms with van der Waals surface area (Å²) in [5.74, 6) is 0.750. The summed E-state index contributed by atoms with van der Waals surface area (Å²) in [5, 5.41) is 6.40. The Bertz CT molecular complexity index is 786. The molecule has 1 aliphatic heterocycles. The monoisotopic (exact) mass is 367 g/mol. The highest BCUT2D eigenvalue weighted by Crippen LogP contribution is 2.36. The first kappa shape index (κ1) is 18.3. The van der Waals surface area contributed by atoms with E-state index in [-0.39, 0.29) is 17.6 Å². The van der Waals surface area contributed by atoms with Gasteiger partial charge in [-0.3, -0.25) is 0 Å². The minimum absolute atomic E-state index is 0.190. The summed E-state index contributed by atoms with van der Waals surface area (Å²) in [6.07, 6.45) is -3.11. The fraction of sp³-hybridized carbons (Fsp3) is 0.444. The zero-order valence-corrected chi connectivity index (χ0v) is 14.5. The van der Waals surface area contributed by atoms with Gasteiger partial charge in [-0.15, -0.1) is 0 Å². The van der Waals surface area contributed by atoms with E-state index in [1.54, 1.807) is 0 Å². The van der Waals surface area contributed by atoms with Crippen molar-refractivity contribution in [3.05, 3.63) is 47.3 Å². The summed E-state index contributed by atoms with van der Waals surface area (Å²) in [6, 6.07) is 5.85. The zero-order chi connectivity index (χ0) is 18.9. The minimum atomic E-state index is -4.54. The van der Waals surface area contributed by atoms with Crippen LogP contribution in [0.4, 0.5) is 23.7 Å². The second kappa shape index (κ2) is 7.01. The van der Waals surface area contributed by atoms with Crippen molar-refractivity contribution < 1.29 is 22.5 Å². The number of carbonyl (C=O) groups excluding carboxylic acids is 1. The van der Waals surface area contributed by atoms with E-state index in [1.807, 2.05) is 19.9 Å². The fourth-order valence-corrected chi connectivity index (χ4v) is 3.06. The van der Waals surface area contributed by atoms with Crippen LogP contribution in [-0.2, 0) is 6.18 Å². The quantitative estimate of drug-likeness (QED) is 0.813. The molecule has 0 unspecified atom stereocenters. The van der Waals surface area contributed by atoms with Crippen molar-refractivity contribution in [3.8, 4) is 0 Å². The number of nitrogens with one attached hydrogen (secondary N) is 1. The molecule has 0 bridgehead atoms. The Kier molecular flexibility index (Phi) is 4.93. The van der Waals surface area contributed by atoms with Crippen LogP contribution in [0.1, 0.15) is 55.7 Å². The minimum Gasteiger partial charge on any atom is -0.359 e. The first-order valence-electron chi connectivity index (χ1n) is 8.47. The molecule has 26 heavy (non-hydrogen) atoms. The molecule has 1 atom stereocenters. The summed E-state index contributed by atoms with van der Waals surface area (Å²) < 4.78 is 44.7. The van der Waals surface area contributed by atoms with Crippen LogP contribution in [0.5, 0.6) is 0 Å². The van der Waals surface area contributed by atoms with E-state index in [4.69, 9.17) is 4.52 Å². The number of benzene rings is 1. The summed E-state index contributed by atoms with van der Waals surface area (Å²) in [4.78, 5) is 14.1. The van der Waals surface area contributed by atoms with E-state index >= 15 is 0 Å². The second-order valence-electron chi connectivity index (χ2n) is 6.63. The van der Waals surface area contributed by atoms with Crippen LogP contribution in [0.2, 0.25) is 0 Å². The summed E-state index contributed by atoms with van der Waals surface area (Å²) in [6.45, 7) is 4.41. The van der Waals surface area contributed by atoms with E-state index in [0.717, 1.165) is 18.2 Å². The van der Waals surface area contributed by atoms with Crippen molar-refractivity contribution in [1.29, 1.82) is 0 Å². The smallest absolute Gasteiger partial charge is 0.359 e. The van der Waals surface area contributed by atoms with Gasteiger partial charge in [-0.2, -0.15) is 13.2 Å². The van der Waals surface area contributed by atoms with Gasteiger partial charge in [0, 0.05) is 12.6 Å². The predicted molar refractivity (Wildman–Crippen MR) is 89.7 cm³/mol. The Hall–Kier alpha value is -2.51. The molecule has 0 aliphatic carbocycles. The second-order valence-corrected chi connectivity index (χ2v) is 6.63. The number of amides is 2. The van der Waals surface area contributed by atoms with Gasteiger partial charge in [0.15, 0.2) is 5.76 Å². The number of alkyl halides is 3. The Labute approximate surface area is 149 Å². The molecule has 1 N–H and O–H groups in total. The molecule has 0 radical (unpaired) electrons. The van der Waals surface area contributed by atoms with Gasteiger partial charge in [0.2, 0.25) is 0 Å². The molecule has 0 spiro atoms. The molecule has 0 saturated carbocycles. The molecular formula is C18H20F3N3O2. The summed E-state index contributed by atoms with van der Waals surface area (Å²) in [5.41, 5.74) is -0.336. The van der Waals surface area contributed by atoms with Crippen molar-refractivity contribution in [2.45, 2.75) is 44.8 Å². The number of para-hydroxylation sites is 1. The van der Waals surface area contributed by atoms with Crippen LogP contribution in [0, 0.1) is 0 Å². The van der Waals surface area contributed by atoms with E-state index in [9.17, 15) is 18.0 Å². The maximum Gasteiger partial charge on any atom is 0.418 e. The molecule has 1 aliphatic rings. The van der Waals surface area contributed by atoms with Crippen LogP contribution in [-0.4, -0.2) is 22.6 Å². The van der Waals surface area contributed by atoms with Gasteiger partial charge in [0.05, 0.1) is 23.0 Å². The third kappa shape index (κ3) is 3.68. The number of rotatable bonds is 3. The van der Waals surface area contributed by atoms with Crippen LogP contribution < -0.4 is 5.32 Å². The molecule has 1 fully saturated rings. The molecule has 1 saturated heterocycles. The number of halogens is 3. The van der Waals surface area contributed by atoms with Crippen LogP contribution in [0.3, 0.4) is 0 Å². The predicted octanol–water partition coefficient (Wildman–Crippen LogP) is 5.19. The lowest BCUT2D eigenvalue weighted by molar-refractivity contribution is -0.136. The first-order chi connectivity index (χ1) is 12.3. The van der Waals surface area contributed by atoms with E-state index < -0.39 is 17.8 Å². The lowest BCUT2D eigenvalue weighted by Crippen LogP contribution is -2.34. The lowest BCUT2D eigenvalue weighted by atomic mass is 10.1.